The second-order valence-electron chi connectivity index (χ2n) is 6.24. The van der Waals surface area contributed by atoms with Crippen LogP contribution < -0.4 is 0 Å². The number of hydrogen-bond donors (Lipinski definition) is 0. The molecule has 0 radical (unpaired) electrons. The number of benzene rings is 1. The number of aromatic nitrogens is 2. The standard InChI is InChI=1S/C18H19N3O2S/c1-11-13(12(2)23-20-11)10-17(22)21-9-5-7-15(21)18-19-14-6-3-4-8-16(14)24-18/h3-4,6,8,15H,5,7,9-10H2,1-2H3/t15-/m1/s1. The van der Waals surface area contributed by atoms with Crippen molar-refractivity contribution in [3.63, 3.8) is 0 Å². The van der Waals surface area contributed by atoms with Crippen molar-refractivity contribution in [2.45, 2.75) is 39.2 Å². The molecule has 1 saturated heterocycles. The summed E-state index contributed by atoms with van der Waals surface area (Å²) >= 11 is 1.69. The van der Waals surface area contributed by atoms with Gasteiger partial charge in [0.25, 0.3) is 0 Å². The van der Waals surface area contributed by atoms with Crippen molar-refractivity contribution in [3.05, 3.63) is 46.3 Å². The third-order valence-corrected chi connectivity index (χ3v) is 5.82. The highest BCUT2D eigenvalue weighted by molar-refractivity contribution is 7.18. The zero-order chi connectivity index (χ0) is 16.7. The number of aryl methyl sites for hydroxylation is 2. The van der Waals surface area contributed by atoms with Gasteiger partial charge in [0.05, 0.1) is 28.4 Å². The average molecular weight is 341 g/mol. The fraction of sp³-hybridized carbons (Fsp3) is 0.389. The van der Waals surface area contributed by atoms with Crippen LogP contribution >= 0.6 is 11.3 Å². The van der Waals surface area contributed by atoms with Crippen LogP contribution in [0.4, 0.5) is 0 Å². The lowest BCUT2D eigenvalue weighted by molar-refractivity contribution is -0.131. The fourth-order valence-electron chi connectivity index (χ4n) is 3.36. The second kappa shape index (κ2) is 6.02. The van der Waals surface area contributed by atoms with Crippen molar-refractivity contribution in [1.82, 2.24) is 15.0 Å². The number of nitrogens with zero attached hydrogens (tertiary/aromatic N) is 3. The highest BCUT2D eigenvalue weighted by Crippen LogP contribution is 2.36. The Balaban J connectivity index is 1.59. The molecule has 0 bridgehead atoms. The number of fused-ring (bicyclic) bond motifs is 1. The van der Waals surface area contributed by atoms with Crippen LogP contribution in [0.2, 0.25) is 0 Å². The summed E-state index contributed by atoms with van der Waals surface area (Å²) in [5.41, 5.74) is 2.73. The number of thiazole rings is 1. The Morgan fingerprint density at radius 2 is 2.21 bits per heavy atom. The van der Waals surface area contributed by atoms with Crippen LogP contribution in [0.1, 0.15) is 40.9 Å². The third-order valence-electron chi connectivity index (χ3n) is 4.68. The van der Waals surface area contributed by atoms with Gasteiger partial charge in [-0.25, -0.2) is 4.98 Å². The molecular formula is C18H19N3O2S. The summed E-state index contributed by atoms with van der Waals surface area (Å²) < 4.78 is 6.36. The highest BCUT2D eigenvalue weighted by Gasteiger charge is 2.32. The number of para-hydroxylation sites is 1. The first-order valence-corrected chi connectivity index (χ1v) is 9.02. The van der Waals surface area contributed by atoms with Gasteiger partial charge >= 0.3 is 0 Å². The highest BCUT2D eigenvalue weighted by atomic mass is 32.1. The molecule has 0 aliphatic carbocycles. The minimum Gasteiger partial charge on any atom is -0.361 e. The molecule has 124 valence electrons. The summed E-state index contributed by atoms with van der Waals surface area (Å²) in [5.74, 6) is 0.864. The van der Waals surface area contributed by atoms with E-state index in [2.05, 4.69) is 11.2 Å². The lowest BCUT2D eigenvalue weighted by Crippen LogP contribution is -2.32. The molecule has 1 fully saturated rings. The smallest absolute Gasteiger partial charge is 0.227 e. The molecule has 0 unspecified atom stereocenters. The van der Waals surface area contributed by atoms with Gasteiger partial charge in [0.1, 0.15) is 10.8 Å². The van der Waals surface area contributed by atoms with Gasteiger partial charge in [-0.15, -0.1) is 11.3 Å². The Kier molecular flexibility index (Phi) is 3.84. The van der Waals surface area contributed by atoms with E-state index in [0.29, 0.717) is 6.42 Å². The predicted molar refractivity (Wildman–Crippen MR) is 93.0 cm³/mol. The summed E-state index contributed by atoms with van der Waals surface area (Å²) in [6.45, 7) is 4.54. The van der Waals surface area contributed by atoms with E-state index < -0.39 is 0 Å². The van der Waals surface area contributed by atoms with E-state index in [1.165, 1.54) is 4.70 Å². The van der Waals surface area contributed by atoms with E-state index in [-0.39, 0.29) is 11.9 Å². The Bertz CT molecular complexity index is 846. The predicted octanol–water partition coefficient (Wildman–Crippen LogP) is 3.81. The number of amides is 1. The molecule has 3 heterocycles. The number of carbonyl (C=O) groups excluding carboxylic acids is 1. The Labute approximate surface area is 144 Å². The molecule has 0 N–H and O–H groups in total. The maximum atomic E-state index is 12.8. The van der Waals surface area contributed by atoms with E-state index in [4.69, 9.17) is 9.51 Å². The molecule has 1 aromatic carbocycles. The molecule has 1 atom stereocenters. The largest absolute Gasteiger partial charge is 0.361 e. The van der Waals surface area contributed by atoms with Crippen LogP contribution in [-0.2, 0) is 11.2 Å². The Morgan fingerprint density at radius 3 is 2.96 bits per heavy atom. The molecule has 1 amide bonds. The topological polar surface area (TPSA) is 59.2 Å². The van der Waals surface area contributed by atoms with Crippen LogP contribution in [0.25, 0.3) is 10.2 Å². The number of rotatable bonds is 3. The van der Waals surface area contributed by atoms with Crippen LogP contribution in [0, 0.1) is 13.8 Å². The van der Waals surface area contributed by atoms with Gasteiger partial charge in [0.2, 0.25) is 5.91 Å². The zero-order valence-electron chi connectivity index (χ0n) is 13.8. The van der Waals surface area contributed by atoms with Crippen molar-refractivity contribution in [3.8, 4) is 0 Å². The van der Waals surface area contributed by atoms with Gasteiger partial charge in [-0.2, -0.15) is 0 Å². The molecular weight excluding hydrogens is 322 g/mol. The van der Waals surface area contributed by atoms with E-state index >= 15 is 0 Å². The van der Waals surface area contributed by atoms with Gasteiger partial charge in [-0.1, -0.05) is 17.3 Å². The molecule has 0 saturated carbocycles. The molecule has 3 aromatic rings. The van der Waals surface area contributed by atoms with Crippen LogP contribution in [0.15, 0.2) is 28.8 Å². The molecule has 0 spiro atoms. The van der Waals surface area contributed by atoms with Crippen molar-refractivity contribution >= 4 is 27.5 Å². The van der Waals surface area contributed by atoms with Crippen molar-refractivity contribution in [2.75, 3.05) is 6.54 Å². The number of carbonyl (C=O) groups is 1. The molecule has 5 nitrogen and oxygen atoms in total. The first-order valence-electron chi connectivity index (χ1n) is 8.20. The quantitative estimate of drug-likeness (QED) is 0.727. The number of hydrogen-bond acceptors (Lipinski definition) is 5. The minimum absolute atomic E-state index is 0.0929. The maximum Gasteiger partial charge on any atom is 0.227 e. The fourth-order valence-corrected chi connectivity index (χ4v) is 4.48. The van der Waals surface area contributed by atoms with E-state index in [9.17, 15) is 4.79 Å². The monoisotopic (exact) mass is 341 g/mol. The first kappa shape index (κ1) is 15.3. The number of likely N-dealkylation sites (tertiary alicyclic amines) is 1. The summed E-state index contributed by atoms with van der Waals surface area (Å²) in [6.07, 6.45) is 2.35. The van der Waals surface area contributed by atoms with Gasteiger partial charge in [0.15, 0.2) is 0 Å². The summed E-state index contributed by atoms with van der Waals surface area (Å²) in [7, 11) is 0. The molecule has 24 heavy (non-hydrogen) atoms. The lowest BCUT2D eigenvalue weighted by Gasteiger charge is -2.23. The molecule has 6 heteroatoms. The van der Waals surface area contributed by atoms with E-state index in [0.717, 1.165) is 46.9 Å². The molecule has 4 rings (SSSR count). The van der Waals surface area contributed by atoms with Gasteiger partial charge in [0, 0.05) is 12.1 Å². The van der Waals surface area contributed by atoms with Gasteiger partial charge in [-0.3, -0.25) is 4.79 Å². The van der Waals surface area contributed by atoms with Crippen LogP contribution in [-0.4, -0.2) is 27.5 Å². The molecule has 1 aliphatic rings. The maximum absolute atomic E-state index is 12.8. The van der Waals surface area contributed by atoms with E-state index in [1.54, 1.807) is 11.3 Å². The summed E-state index contributed by atoms with van der Waals surface area (Å²) in [4.78, 5) is 19.6. The summed E-state index contributed by atoms with van der Waals surface area (Å²) in [6, 6.07) is 8.23. The normalized spacial score (nSPS) is 17.8. The Morgan fingerprint density at radius 1 is 1.38 bits per heavy atom. The molecule has 1 aliphatic heterocycles. The van der Waals surface area contributed by atoms with Crippen molar-refractivity contribution < 1.29 is 9.32 Å². The summed E-state index contributed by atoms with van der Waals surface area (Å²) in [5, 5.41) is 4.99. The average Bonchev–Trinajstić information content (AvgIpc) is 3.28. The van der Waals surface area contributed by atoms with Crippen LogP contribution in [0.3, 0.4) is 0 Å². The third kappa shape index (κ3) is 2.60. The van der Waals surface area contributed by atoms with Gasteiger partial charge in [-0.05, 0) is 38.8 Å². The second-order valence-corrected chi connectivity index (χ2v) is 7.31. The SMILES string of the molecule is Cc1noc(C)c1CC(=O)N1CCC[C@@H]1c1nc2ccccc2s1. The zero-order valence-corrected chi connectivity index (χ0v) is 14.6. The minimum atomic E-state index is 0.0929. The first-order chi connectivity index (χ1) is 11.6. The van der Waals surface area contributed by atoms with Crippen LogP contribution in [0.5, 0.6) is 0 Å². The van der Waals surface area contributed by atoms with E-state index in [1.807, 2.05) is 36.9 Å². The lowest BCUT2D eigenvalue weighted by atomic mass is 10.1. The van der Waals surface area contributed by atoms with Crippen molar-refractivity contribution in [1.29, 1.82) is 0 Å². The molecule has 2 aromatic heterocycles. The van der Waals surface area contributed by atoms with Gasteiger partial charge < -0.3 is 9.42 Å². The van der Waals surface area contributed by atoms with Crippen molar-refractivity contribution in [2.24, 2.45) is 0 Å². The Hall–Kier alpha value is -2.21.